The van der Waals surface area contributed by atoms with Crippen LogP contribution < -0.4 is 4.72 Å². The Balaban J connectivity index is 3.74. The number of carbonyl (C=O) groups is 1. The van der Waals surface area contributed by atoms with Gasteiger partial charge in [-0.3, -0.25) is 0 Å². The van der Waals surface area contributed by atoms with Gasteiger partial charge in [-0.15, -0.1) is 0 Å². The maximum Gasteiger partial charge on any atom is 0.211 e. The maximum absolute atomic E-state index is 10.5. The first kappa shape index (κ1) is 8.58. The number of hydrogen-bond donors (Lipinski definition) is 1. The second-order valence-electron chi connectivity index (χ2n) is 1.42. The molecule has 0 saturated heterocycles. The van der Waals surface area contributed by atoms with Crippen LogP contribution in [0.2, 0.25) is 0 Å². The van der Waals surface area contributed by atoms with Crippen molar-refractivity contribution in [2.45, 2.75) is 6.92 Å². The van der Waals surface area contributed by atoms with Crippen LogP contribution in [0.4, 0.5) is 0 Å². The molecule has 0 aliphatic carbocycles. The lowest BCUT2D eigenvalue weighted by atomic mass is 10.8. The summed E-state index contributed by atoms with van der Waals surface area (Å²) >= 11 is 0. The predicted molar refractivity (Wildman–Crippen MR) is 33.5 cm³/mol. The molecule has 0 atom stereocenters. The zero-order valence-electron chi connectivity index (χ0n) is 5.12. The summed E-state index contributed by atoms with van der Waals surface area (Å²) in [7, 11) is -3.16. The zero-order valence-corrected chi connectivity index (χ0v) is 5.94. The van der Waals surface area contributed by atoms with Gasteiger partial charge >= 0.3 is 0 Å². The highest BCUT2D eigenvalue weighted by Gasteiger charge is 2.02. The third-order valence-electron chi connectivity index (χ3n) is 0.767. The van der Waals surface area contributed by atoms with Crippen LogP contribution in [0.15, 0.2) is 0 Å². The van der Waals surface area contributed by atoms with E-state index < -0.39 is 10.0 Å². The molecule has 0 unspecified atom stereocenters. The second kappa shape index (κ2) is 3.58. The Morgan fingerprint density at radius 1 is 1.56 bits per heavy atom. The molecular formula is C4H9NO3S. The molecule has 0 spiro atoms. The standard InChI is InChI=1S/C4H9NO3S/c1-2-9(7,8)5-3-4-6/h4-5H,2-3H2,1H3. The fourth-order valence-corrected chi connectivity index (χ4v) is 0.789. The zero-order chi connectivity index (χ0) is 7.33. The van der Waals surface area contributed by atoms with Crippen molar-refractivity contribution in [2.75, 3.05) is 12.3 Å². The van der Waals surface area contributed by atoms with Gasteiger partial charge in [-0.2, -0.15) is 0 Å². The van der Waals surface area contributed by atoms with Gasteiger partial charge in [0.2, 0.25) is 10.0 Å². The van der Waals surface area contributed by atoms with Crippen LogP contribution in [-0.2, 0) is 14.8 Å². The summed E-state index contributed by atoms with van der Waals surface area (Å²) in [4.78, 5) is 9.64. The van der Waals surface area contributed by atoms with Crippen molar-refractivity contribution in [3.8, 4) is 0 Å². The Morgan fingerprint density at radius 2 is 2.11 bits per heavy atom. The van der Waals surface area contributed by atoms with E-state index in [-0.39, 0.29) is 12.3 Å². The highest BCUT2D eigenvalue weighted by molar-refractivity contribution is 7.89. The summed E-state index contributed by atoms with van der Waals surface area (Å²) < 4.78 is 23.0. The molecule has 5 heteroatoms. The molecule has 0 aromatic heterocycles. The first-order valence-electron chi connectivity index (χ1n) is 2.53. The van der Waals surface area contributed by atoms with E-state index in [4.69, 9.17) is 0 Å². The molecule has 54 valence electrons. The number of hydrogen-bond acceptors (Lipinski definition) is 3. The Bertz CT molecular complexity index is 172. The molecular weight excluding hydrogens is 142 g/mol. The van der Waals surface area contributed by atoms with Crippen molar-refractivity contribution >= 4 is 16.3 Å². The average Bonchev–Trinajstić information content (AvgIpc) is 1.84. The van der Waals surface area contributed by atoms with E-state index in [1.165, 1.54) is 6.92 Å². The number of sulfonamides is 1. The van der Waals surface area contributed by atoms with Crippen molar-refractivity contribution in [1.29, 1.82) is 0 Å². The molecule has 0 radical (unpaired) electrons. The maximum atomic E-state index is 10.5. The molecule has 0 fully saturated rings. The van der Waals surface area contributed by atoms with Crippen LogP contribution in [0.5, 0.6) is 0 Å². The first-order valence-corrected chi connectivity index (χ1v) is 4.18. The van der Waals surface area contributed by atoms with E-state index in [0.717, 1.165) is 0 Å². The molecule has 0 rings (SSSR count). The molecule has 0 aliphatic heterocycles. The molecule has 0 heterocycles. The van der Waals surface area contributed by atoms with Crippen molar-refractivity contribution in [1.82, 2.24) is 4.72 Å². The first-order chi connectivity index (χ1) is 4.12. The van der Waals surface area contributed by atoms with Gasteiger partial charge in [-0.1, -0.05) is 0 Å². The minimum atomic E-state index is -3.16. The lowest BCUT2D eigenvalue weighted by Crippen LogP contribution is -2.26. The summed E-state index contributed by atoms with van der Waals surface area (Å²) in [5, 5.41) is 0. The summed E-state index contributed by atoms with van der Waals surface area (Å²) in [6, 6.07) is 0. The fourth-order valence-electron chi connectivity index (χ4n) is 0.263. The van der Waals surface area contributed by atoms with Gasteiger partial charge < -0.3 is 4.79 Å². The van der Waals surface area contributed by atoms with Crippen molar-refractivity contribution in [3.05, 3.63) is 0 Å². The highest BCUT2D eigenvalue weighted by Crippen LogP contribution is 1.77. The van der Waals surface area contributed by atoms with Crippen molar-refractivity contribution in [2.24, 2.45) is 0 Å². The molecule has 0 aromatic carbocycles. The second-order valence-corrected chi connectivity index (χ2v) is 3.51. The van der Waals surface area contributed by atoms with Gasteiger partial charge in [0.1, 0.15) is 6.29 Å². The number of carbonyl (C=O) groups excluding carboxylic acids is 1. The van der Waals surface area contributed by atoms with Crippen LogP contribution in [0.3, 0.4) is 0 Å². The smallest absolute Gasteiger partial charge is 0.211 e. The van der Waals surface area contributed by atoms with Crippen LogP contribution in [0.25, 0.3) is 0 Å². The van der Waals surface area contributed by atoms with Gasteiger partial charge in [-0.25, -0.2) is 13.1 Å². The predicted octanol–water partition coefficient (Wildman–Crippen LogP) is -0.875. The quantitative estimate of drug-likeness (QED) is 0.531. The SMILES string of the molecule is CCS(=O)(=O)NCC=O. The number of nitrogens with one attached hydrogen (secondary N) is 1. The van der Waals surface area contributed by atoms with Crippen LogP contribution >= 0.6 is 0 Å². The van der Waals surface area contributed by atoms with Crippen molar-refractivity contribution < 1.29 is 13.2 Å². The van der Waals surface area contributed by atoms with Gasteiger partial charge in [-0.05, 0) is 6.92 Å². The average molecular weight is 151 g/mol. The third-order valence-corrected chi connectivity index (χ3v) is 2.13. The summed E-state index contributed by atoms with van der Waals surface area (Å²) in [6.07, 6.45) is 0.507. The highest BCUT2D eigenvalue weighted by atomic mass is 32.2. The molecule has 0 saturated carbocycles. The minimum absolute atomic E-state index is 0.0147. The summed E-state index contributed by atoms with van der Waals surface area (Å²) in [5.74, 6) is 0.0147. The Morgan fingerprint density at radius 3 is 2.44 bits per heavy atom. The third kappa shape index (κ3) is 4.11. The monoisotopic (exact) mass is 151 g/mol. The lowest BCUT2D eigenvalue weighted by molar-refractivity contribution is -0.106. The normalized spacial score (nSPS) is 11.2. The van der Waals surface area contributed by atoms with E-state index in [9.17, 15) is 13.2 Å². The number of rotatable bonds is 4. The van der Waals surface area contributed by atoms with Crippen LogP contribution in [0, 0.1) is 0 Å². The lowest BCUT2D eigenvalue weighted by Gasteiger charge is -1.96. The van der Waals surface area contributed by atoms with Crippen molar-refractivity contribution in [3.63, 3.8) is 0 Å². The van der Waals surface area contributed by atoms with E-state index in [1.54, 1.807) is 0 Å². The van der Waals surface area contributed by atoms with E-state index >= 15 is 0 Å². The molecule has 9 heavy (non-hydrogen) atoms. The Kier molecular flexibility index (Phi) is 3.41. The molecule has 4 nitrogen and oxygen atoms in total. The summed E-state index contributed by atoms with van der Waals surface area (Å²) in [5.41, 5.74) is 0. The van der Waals surface area contributed by atoms with Crippen LogP contribution in [0.1, 0.15) is 6.92 Å². The molecule has 0 aliphatic rings. The van der Waals surface area contributed by atoms with E-state index in [2.05, 4.69) is 4.72 Å². The Hall–Kier alpha value is -0.420. The summed E-state index contributed by atoms with van der Waals surface area (Å²) in [6.45, 7) is 1.38. The minimum Gasteiger partial charge on any atom is -0.302 e. The molecule has 0 amide bonds. The van der Waals surface area contributed by atoms with Gasteiger partial charge in [0.15, 0.2) is 0 Å². The van der Waals surface area contributed by atoms with Gasteiger partial charge in [0.05, 0.1) is 12.3 Å². The fraction of sp³-hybridized carbons (Fsp3) is 0.750. The van der Waals surface area contributed by atoms with E-state index in [0.29, 0.717) is 6.29 Å². The van der Waals surface area contributed by atoms with Gasteiger partial charge in [0.25, 0.3) is 0 Å². The van der Waals surface area contributed by atoms with Gasteiger partial charge in [0, 0.05) is 0 Å². The topological polar surface area (TPSA) is 63.2 Å². The van der Waals surface area contributed by atoms with E-state index in [1.807, 2.05) is 0 Å². The molecule has 1 N–H and O–H groups in total. The molecule has 0 bridgehead atoms. The Labute approximate surface area is 54.3 Å². The largest absolute Gasteiger partial charge is 0.302 e. The molecule has 0 aromatic rings. The number of aldehydes is 1. The van der Waals surface area contributed by atoms with Crippen LogP contribution in [-0.4, -0.2) is 27.0 Å².